The number of amides is 1. The Kier molecular flexibility index (Phi) is 4.56. The molecule has 0 saturated carbocycles. The van der Waals surface area contributed by atoms with E-state index in [4.69, 9.17) is 16.3 Å². The number of nitro groups is 1. The summed E-state index contributed by atoms with van der Waals surface area (Å²) in [6.45, 7) is 1.93. The first-order valence-corrected chi connectivity index (χ1v) is 8.29. The lowest BCUT2D eigenvalue weighted by atomic mass is 10.2. The minimum absolute atomic E-state index is 0.0128. The Morgan fingerprint density at radius 2 is 2.12 bits per heavy atom. The van der Waals surface area contributed by atoms with Crippen LogP contribution in [0.25, 0.3) is 10.2 Å². The largest absolute Gasteiger partial charge is 0.494 e. The third-order valence-corrected chi connectivity index (χ3v) is 4.98. The van der Waals surface area contributed by atoms with Gasteiger partial charge in [0, 0.05) is 12.1 Å². The molecule has 0 bridgehead atoms. The first kappa shape index (κ1) is 17.1. The van der Waals surface area contributed by atoms with Crippen LogP contribution >= 0.6 is 22.9 Å². The zero-order chi connectivity index (χ0) is 18.1. The molecule has 128 valence electrons. The molecule has 1 aromatic heterocycles. The van der Waals surface area contributed by atoms with Crippen molar-refractivity contribution in [3.05, 3.63) is 56.6 Å². The number of aryl methyl sites for hydroxylation is 1. The van der Waals surface area contributed by atoms with Crippen molar-refractivity contribution < 1.29 is 14.5 Å². The third kappa shape index (κ3) is 3.26. The SMILES string of the molecule is COc1ccc(C)c2sc(NC(=O)c3cc([N+](=O)[O-])ccc3Cl)nc12. The van der Waals surface area contributed by atoms with Crippen LogP contribution < -0.4 is 10.1 Å². The summed E-state index contributed by atoms with van der Waals surface area (Å²) in [5.41, 5.74) is 1.45. The number of carbonyl (C=O) groups is 1. The van der Waals surface area contributed by atoms with Crippen molar-refractivity contribution in [3.8, 4) is 5.75 Å². The van der Waals surface area contributed by atoms with Crippen molar-refractivity contribution in [1.29, 1.82) is 0 Å². The minimum Gasteiger partial charge on any atom is -0.494 e. The summed E-state index contributed by atoms with van der Waals surface area (Å²) in [5.74, 6) is 0.0371. The van der Waals surface area contributed by atoms with Crippen LogP contribution in [0.1, 0.15) is 15.9 Å². The Balaban J connectivity index is 1.96. The average molecular weight is 378 g/mol. The highest BCUT2D eigenvalue weighted by Crippen LogP contribution is 2.35. The molecule has 0 radical (unpaired) electrons. The van der Waals surface area contributed by atoms with Crippen molar-refractivity contribution in [1.82, 2.24) is 4.98 Å². The number of rotatable bonds is 4. The van der Waals surface area contributed by atoms with E-state index >= 15 is 0 Å². The Morgan fingerprint density at radius 3 is 2.80 bits per heavy atom. The Morgan fingerprint density at radius 1 is 1.36 bits per heavy atom. The number of non-ortho nitro benzene ring substituents is 1. The van der Waals surface area contributed by atoms with Gasteiger partial charge < -0.3 is 4.74 Å². The number of aromatic nitrogens is 1. The third-order valence-electron chi connectivity index (χ3n) is 3.55. The lowest BCUT2D eigenvalue weighted by molar-refractivity contribution is -0.384. The van der Waals surface area contributed by atoms with Crippen LogP contribution in [-0.2, 0) is 0 Å². The number of ether oxygens (including phenoxy) is 1. The van der Waals surface area contributed by atoms with E-state index in [0.29, 0.717) is 16.4 Å². The van der Waals surface area contributed by atoms with E-state index < -0.39 is 10.8 Å². The van der Waals surface area contributed by atoms with Gasteiger partial charge in [0.2, 0.25) is 0 Å². The van der Waals surface area contributed by atoms with E-state index in [9.17, 15) is 14.9 Å². The Hall–Kier alpha value is -2.71. The van der Waals surface area contributed by atoms with Gasteiger partial charge in [-0.05, 0) is 24.6 Å². The molecule has 2 aromatic carbocycles. The van der Waals surface area contributed by atoms with E-state index in [0.717, 1.165) is 16.3 Å². The number of methoxy groups -OCH3 is 1. The van der Waals surface area contributed by atoms with Crippen LogP contribution in [-0.4, -0.2) is 22.9 Å². The monoisotopic (exact) mass is 377 g/mol. The molecule has 0 atom stereocenters. The van der Waals surface area contributed by atoms with Crippen LogP contribution in [0, 0.1) is 17.0 Å². The number of halogens is 1. The minimum atomic E-state index is -0.584. The average Bonchev–Trinajstić information content (AvgIpc) is 2.99. The topological polar surface area (TPSA) is 94.4 Å². The van der Waals surface area contributed by atoms with Crippen LogP contribution in [0.4, 0.5) is 10.8 Å². The van der Waals surface area contributed by atoms with E-state index in [-0.39, 0.29) is 16.3 Å². The standard InChI is InChI=1S/C16H12ClN3O4S/c1-8-3-6-12(24-2)13-14(8)25-16(18-13)19-15(21)10-7-9(20(22)23)4-5-11(10)17/h3-7H,1-2H3,(H,18,19,21). The van der Waals surface area contributed by atoms with Gasteiger partial charge in [0.15, 0.2) is 5.13 Å². The van der Waals surface area contributed by atoms with Gasteiger partial charge in [-0.3, -0.25) is 20.2 Å². The number of carbonyl (C=O) groups excluding carboxylic acids is 1. The fourth-order valence-corrected chi connectivity index (χ4v) is 3.44. The molecule has 0 aliphatic carbocycles. The maximum atomic E-state index is 12.4. The normalized spacial score (nSPS) is 10.7. The van der Waals surface area contributed by atoms with Crippen molar-refractivity contribution >= 4 is 49.9 Å². The molecule has 0 spiro atoms. The van der Waals surface area contributed by atoms with Gasteiger partial charge in [-0.2, -0.15) is 0 Å². The lowest BCUT2D eigenvalue weighted by Crippen LogP contribution is -2.12. The number of nitrogens with one attached hydrogen (secondary N) is 1. The van der Waals surface area contributed by atoms with Gasteiger partial charge in [0.1, 0.15) is 11.3 Å². The maximum absolute atomic E-state index is 12.4. The highest BCUT2D eigenvalue weighted by atomic mass is 35.5. The maximum Gasteiger partial charge on any atom is 0.270 e. The van der Waals surface area contributed by atoms with E-state index in [1.54, 1.807) is 13.2 Å². The summed E-state index contributed by atoms with van der Waals surface area (Å²) < 4.78 is 6.17. The van der Waals surface area contributed by atoms with Crippen molar-refractivity contribution in [2.45, 2.75) is 6.92 Å². The zero-order valence-corrected chi connectivity index (χ0v) is 14.8. The van der Waals surface area contributed by atoms with Gasteiger partial charge in [-0.15, -0.1) is 0 Å². The summed E-state index contributed by atoms with van der Waals surface area (Å²) >= 11 is 7.29. The molecule has 0 fully saturated rings. The quantitative estimate of drug-likeness (QED) is 0.536. The molecule has 0 aliphatic rings. The summed E-state index contributed by atoms with van der Waals surface area (Å²) in [6, 6.07) is 7.41. The molecule has 1 heterocycles. The molecule has 25 heavy (non-hydrogen) atoms. The number of hydrogen-bond donors (Lipinski definition) is 1. The molecule has 3 rings (SSSR count). The molecule has 0 aliphatic heterocycles. The molecule has 7 nitrogen and oxygen atoms in total. The summed E-state index contributed by atoms with van der Waals surface area (Å²) in [6.07, 6.45) is 0. The molecule has 1 N–H and O–H groups in total. The lowest BCUT2D eigenvalue weighted by Gasteiger charge is -2.03. The molecular formula is C16H12ClN3O4S. The molecular weight excluding hydrogens is 366 g/mol. The number of thiazole rings is 1. The second-order valence-electron chi connectivity index (χ2n) is 5.16. The summed E-state index contributed by atoms with van der Waals surface area (Å²) in [4.78, 5) is 27.1. The molecule has 9 heteroatoms. The second kappa shape index (κ2) is 6.66. The summed E-state index contributed by atoms with van der Waals surface area (Å²) in [5, 5.41) is 14.0. The zero-order valence-electron chi connectivity index (χ0n) is 13.2. The fraction of sp³-hybridized carbons (Fsp3) is 0.125. The first-order chi connectivity index (χ1) is 11.9. The highest BCUT2D eigenvalue weighted by molar-refractivity contribution is 7.22. The number of fused-ring (bicyclic) bond motifs is 1. The van der Waals surface area contributed by atoms with Gasteiger partial charge >= 0.3 is 0 Å². The predicted molar refractivity (Wildman–Crippen MR) is 97.0 cm³/mol. The van der Waals surface area contributed by atoms with Crippen LogP contribution in [0.5, 0.6) is 5.75 Å². The molecule has 1 amide bonds. The Labute approximate surface area is 151 Å². The number of benzene rings is 2. The fourth-order valence-electron chi connectivity index (χ4n) is 2.29. The number of anilines is 1. The number of hydrogen-bond acceptors (Lipinski definition) is 6. The van der Waals surface area contributed by atoms with Crippen LogP contribution in [0.2, 0.25) is 5.02 Å². The first-order valence-electron chi connectivity index (χ1n) is 7.10. The van der Waals surface area contributed by atoms with Gasteiger partial charge in [-0.1, -0.05) is 29.0 Å². The highest BCUT2D eigenvalue weighted by Gasteiger charge is 2.18. The van der Waals surface area contributed by atoms with Crippen LogP contribution in [0.3, 0.4) is 0 Å². The van der Waals surface area contributed by atoms with Crippen LogP contribution in [0.15, 0.2) is 30.3 Å². The molecule has 0 unspecified atom stereocenters. The predicted octanol–water partition coefficient (Wildman–Crippen LogP) is 4.43. The second-order valence-corrected chi connectivity index (χ2v) is 6.56. The van der Waals surface area contributed by atoms with E-state index in [2.05, 4.69) is 10.3 Å². The molecule has 0 saturated heterocycles. The smallest absolute Gasteiger partial charge is 0.270 e. The van der Waals surface area contributed by atoms with E-state index in [1.165, 1.54) is 23.5 Å². The van der Waals surface area contributed by atoms with Crippen molar-refractivity contribution in [3.63, 3.8) is 0 Å². The molecule has 3 aromatic rings. The summed E-state index contributed by atoms with van der Waals surface area (Å²) in [7, 11) is 1.55. The van der Waals surface area contributed by atoms with Crippen molar-refractivity contribution in [2.75, 3.05) is 12.4 Å². The number of nitro benzene ring substituents is 1. The van der Waals surface area contributed by atoms with Gasteiger partial charge in [0.25, 0.3) is 11.6 Å². The Bertz CT molecular complexity index is 1000. The van der Waals surface area contributed by atoms with E-state index in [1.807, 2.05) is 13.0 Å². The number of nitrogens with zero attached hydrogens (tertiary/aromatic N) is 2. The van der Waals surface area contributed by atoms with Gasteiger partial charge in [-0.25, -0.2) is 4.98 Å². The van der Waals surface area contributed by atoms with Gasteiger partial charge in [0.05, 0.1) is 27.3 Å². The van der Waals surface area contributed by atoms with Crippen molar-refractivity contribution in [2.24, 2.45) is 0 Å².